The number of aliphatic hydroxyl groups is 6. The van der Waals surface area contributed by atoms with Crippen molar-refractivity contribution >= 4 is 101 Å². The number of pyridine rings is 2. The summed E-state index contributed by atoms with van der Waals surface area (Å²) < 4.78 is 44.7. The Labute approximate surface area is 675 Å². The van der Waals surface area contributed by atoms with Crippen LogP contribution in [-0.4, -0.2) is 231 Å². The minimum Gasteiger partial charge on any atom is -1.00 e. The van der Waals surface area contributed by atoms with E-state index in [1.54, 1.807) is 52.9 Å². The zero-order chi connectivity index (χ0) is 81.6. The molecule has 1 amide bonds. The first-order chi connectivity index (χ1) is 54.6. The molecule has 8 aromatic rings. The molecule has 610 valence electrons. The average Bonchev–Trinajstić information content (AvgIpc) is 0.816. The van der Waals surface area contributed by atoms with Gasteiger partial charge < -0.3 is 112 Å². The molecule has 2 saturated heterocycles. The number of para-hydroxylation sites is 1. The van der Waals surface area contributed by atoms with Gasteiger partial charge in [-0.05, 0) is 72.3 Å². The number of amides is 1. The summed E-state index contributed by atoms with van der Waals surface area (Å²) in [7, 11) is 8.65. The van der Waals surface area contributed by atoms with Crippen LogP contribution in [0.15, 0.2) is 120 Å². The third-order valence-corrected chi connectivity index (χ3v) is 24.3. The number of aromatic nitrogens is 5. The molecule has 34 nitrogen and oxygen atoms in total. The molecule has 0 radical (unpaired) electrons. The summed E-state index contributed by atoms with van der Waals surface area (Å²) in [6.45, 7) is 1.32. The van der Waals surface area contributed by atoms with Gasteiger partial charge in [-0.1, -0.05) is 68.9 Å². The Bertz CT molecular complexity index is 5010. The molecule has 2 aliphatic heterocycles. The molecule has 12 atom stereocenters. The lowest BCUT2D eigenvalue weighted by atomic mass is 9.72. The Morgan fingerprint density at radius 1 is 0.626 bits per heavy atom. The quantitative estimate of drug-likeness (QED) is 0.0151. The van der Waals surface area contributed by atoms with Gasteiger partial charge in [-0.2, -0.15) is 0 Å². The van der Waals surface area contributed by atoms with Crippen LogP contribution in [0.4, 0.5) is 9.59 Å². The van der Waals surface area contributed by atoms with Crippen LogP contribution >= 0.6 is 43.2 Å². The number of H-pyrrole nitrogens is 1. The third kappa shape index (κ3) is 18.0. The van der Waals surface area contributed by atoms with Crippen LogP contribution in [0, 0.1) is 0 Å². The number of fused-ring (bicyclic) bond motifs is 7. The van der Waals surface area contributed by atoms with Crippen molar-refractivity contribution in [2.75, 3.05) is 52.2 Å². The lowest BCUT2D eigenvalue weighted by Gasteiger charge is -2.42. The first-order valence-corrected chi connectivity index (χ1v) is 40.0. The Kier molecular flexibility index (Phi) is 27.9. The summed E-state index contributed by atoms with van der Waals surface area (Å²) in [5.74, 6) is -6.72. The lowest BCUT2D eigenvalue weighted by molar-refractivity contribution is -0.426. The smallest absolute Gasteiger partial charge is 0.535 e. The maximum absolute atomic E-state index is 13.9. The molecule has 2 fully saturated rings. The van der Waals surface area contributed by atoms with Gasteiger partial charge in [0.05, 0.1) is 84.2 Å². The lowest BCUT2D eigenvalue weighted by Crippen LogP contribution is -3.00. The molecule has 115 heavy (non-hydrogen) atoms. The molecule has 5 aromatic carbocycles. The highest BCUT2D eigenvalue weighted by molar-refractivity contribution is 8.77. The number of benzene rings is 5. The predicted molar refractivity (Wildman–Crippen MR) is 403 cm³/mol. The van der Waals surface area contributed by atoms with E-state index in [0.29, 0.717) is 22.5 Å². The van der Waals surface area contributed by atoms with E-state index >= 15 is 0 Å². The zero-order valence-electron chi connectivity index (χ0n) is 61.4. The molecule has 0 saturated carbocycles. The van der Waals surface area contributed by atoms with Gasteiger partial charge in [0.25, 0.3) is 0 Å². The molecule has 0 bridgehead atoms. The van der Waals surface area contributed by atoms with Crippen molar-refractivity contribution in [3.63, 3.8) is 0 Å². The number of nitrogens with two attached hydrogens (primary N) is 1. The van der Waals surface area contributed by atoms with Crippen LogP contribution in [0.3, 0.4) is 0 Å². The van der Waals surface area contributed by atoms with Crippen molar-refractivity contribution < 1.29 is 150 Å². The first kappa shape index (κ1) is 86.3. The van der Waals surface area contributed by atoms with Gasteiger partial charge in [0, 0.05) is 119 Å². The monoisotopic (exact) mass is 1680 g/mol. The van der Waals surface area contributed by atoms with Crippen LogP contribution in [0.25, 0.3) is 11.0 Å². The van der Waals surface area contributed by atoms with E-state index in [1.807, 2.05) is 48.7 Å². The number of aliphatic hydroxyl groups excluding tert-OH is 4. The van der Waals surface area contributed by atoms with Crippen molar-refractivity contribution in [2.45, 2.75) is 135 Å². The number of phenols is 4. The second-order valence-corrected chi connectivity index (χ2v) is 31.8. The third-order valence-electron chi connectivity index (χ3n) is 19.7. The van der Waals surface area contributed by atoms with Gasteiger partial charge in [0.15, 0.2) is 41.9 Å². The van der Waals surface area contributed by atoms with Gasteiger partial charge in [-0.15, -0.1) is 5.10 Å². The highest BCUT2D eigenvalue weighted by Gasteiger charge is 2.53. The molecule has 6 aliphatic rings. The molecule has 14 N–H and O–H groups in total. The Hall–Kier alpha value is -9.59. The Balaban J connectivity index is 0.000000181. The highest BCUT2D eigenvalue weighted by Crippen LogP contribution is 2.55. The van der Waals surface area contributed by atoms with E-state index in [9.17, 15) is 89.4 Å². The predicted octanol–water partition coefficient (Wildman–Crippen LogP) is 1.86. The fourth-order valence-corrected chi connectivity index (χ4v) is 17.6. The molecular formula is C76H78ClN7O27S4. The van der Waals surface area contributed by atoms with E-state index in [4.69, 9.17) is 48.5 Å². The molecule has 5 heterocycles. The number of ketones is 6. The van der Waals surface area contributed by atoms with Crippen LogP contribution in [0.2, 0.25) is 0 Å². The number of phenolic OH excluding ortho intramolecular Hbond substituents is 4. The van der Waals surface area contributed by atoms with Gasteiger partial charge in [0.1, 0.15) is 94.3 Å². The van der Waals surface area contributed by atoms with Crippen molar-refractivity contribution in [2.24, 2.45) is 5.73 Å². The van der Waals surface area contributed by atoms with E-state index in [0.717, 1.165) is 14.9 Å². The maximum Gasteiger partial charge on any atom is 0.535 e. The number of halogens is 1. The minimum absolute atomic E-state index is 0. The summed E-state index contributed by atoms with van der Waals surface area (Å²) in [6, 6.07) is 25.5. The van der Waals surface area contributed by atoms with Crippen molar-refractivity contribution in [3.05, 3.63) is 176 Å². The van der Waals surface area contributed by atoms with Crippen molar-refractivity contribution in [3.8, 4) is 34.5 Å². The van der Waals surface area contributed by atoms with Gasteiger partial charge in [-0.25, -0.2) is 19.6 Å². The van der Waals surface area contributed by atoms with Gasteiger partial charge >= 0.3 is 12.2 Å². The van der Waals surface area contributed by atoms with Crippen LogP contribution in [0.5, 0.6) is 34.5 Å². The van der Waals surface area contributed by atoms with Crippen LogP contribution in [-0.2, 0) is 50.9 Å². The number of nitrogens with one attached hydrogen (secondary N) is 2. The average molecular weight is 1690 g/mol. The topological polar surface area (TPSA) is 518 Å². The number of rotatable bonds is 22. The fraction of sp³-hybridized carbons (Fsp3) is 0.368. The second kappa shape index (κ2) is 37.1. The largest absolute Gasteiger partial charge is 1.00 e. The molecule has 14 rings (SSSR count). The number of alkyl carbamates (subject to hydrolysis) is 1. The number of hydrogen-bond acceptors (Lipinski definition) is 35. The zero-order valence-corrected chi connectivity index (χ0v) is 65.5. The van der Waals surface area contributed by atoms with Crippen LogP contribution in [0.1, 0.15) is 138 Å². The summed E-state index contributed by atoms with van der Waals surface area (Å²) in [5.41, 5.74) is -0.382. The van der Waals surface area contributed by atoms with E-state index < -0.39 is 204 Å². The van der Waals surface area contributed by atoms with E-state index in [1.165, 1.54) is 79.1 Å². The Morgan fingerprint density at radius 3 is 1.66 bits per heavy atom. The maximum atomic E-state index is 13.9. The summed E-state index contributed by atoms with van der Waals surface area (Å²) >= 11 is 0. The number of aromatic hydroxyl groups is 4. The number of Topliss-reactive ketones (excluding diaryl/α,β-unsaturated/α-hetero) is 2. The number of hydrogen-bond donors (Lipinski definition) is 12. The number of methoxy groups -OCH3 is 2. The molecule has 0 spiro atoms. The van der Waals surface area contributed by atoms with E-state index in [2.05, 4.69) is 25.6 Å². The fourth-order valence-electron chi connectivity index (χ4n) is 14.2. The standard InChI is InChI=1S/C35H36N2O13S2.C27H29NO11.C14H12N4O3S2.ClH/c1-16-29(40)19(37-34(45)48-10-11-51-52-23-8-3-4-9-36-23)12-24(49-16)50-21-14-35(46,22(39)15-38)13-18-26(21)33(44)28-27(31(18)42)30(41)17-6-5-7-20(47-2)25(17)32(28)43;1-10-22(31)13(28)6-17(38-10)39-15-8-27(36,16(30)9-29)7-12-19(15)26(35)21-20(24(12)33)23(32)11-4-3-5-14(37-2)18(11)25(21)34;19-14(20-9-10-22-23-13-7-3-4-8-15-13)21-18-12-6-2-1-5-11(12)16-17-18;/h3-9,16,19,21,24,29,38,40,42,44,46H,10-15H2,1-2H3,(H,37,45);3-5,10,13,15,17,22,29,31,33,35-36H,6-9,28H2,1-2H3;1-8H,9-10H2;1H/t16?,19?,21-,24?,29?,35-;10?,13?,15-,17?,22?,27-;;/m00../s1. The highest BCUT2D eigenvalue weighted by atomic mass is 35.5. The van der Waals surface area contributed by atoms with Crippen LogP contribution < -0.4 is 42.8 Å². The number of ether oxygens (including phenoxy) is 8. The molecular weight excluding hydrogens is 1610 g/mol. The molecule has 8 unspecified atom stereocenters. The molecule has 4 aliphatic carbocycles. The summed E-state index contributed by atoms with van der Waals surface area (Å²) in [4.78, 5) is 118. The second-order valence-electron chi connectivity index (χ2n) is 26.9. The SMILES string of the molecule is COc1cccc2c1C(=O)c1c(O)c3c(c(O)c1C2=O)C[C@@](O)(C(=O)CO)C[C@@H]3OC1CC(N)C(O)C(C)O1.COc1cccc2c1C(=O)c1c(O)c3c(c(O)c1C2=O)C[C@@](O)(C(=O)CO)C[C@@H]3OC1CC(NC(=O)OCCSSc2ccccn2)C(O)C(C)O1.O=C(OCCSSc1cccc[nH+]1)On1nnc2ccccc21.[Cl-]. The van der Waals surface area contributed by atoms with E-state index in [-0.39, 0.29) is 94.5 Å². The van der Waals surface area contributed by atoms with Crippen molar-refractivity contribution in [1.82, 2.24) is 25.5 Å². The summed E-state index contributed by atoms with van der Waals surface area (Å²) in [6.07, 6.45) is -9.37. The van der Waals surface area contributed by atoms with Gasteiger partial charge in [-0.3, -0.25) is 33.6 Å². The number of carbonyl (C=O) groups is 8. The molecule has 39 heteroatoms. The van der Waals surface area contributed by atoms with Gasteiger partial charge in [0.2, 0.25) is 16.6 Å². The minimum atomic E-state index is -2.33. The number of nitrogens with zero attached hydrogens (tertiary/aromatic N) is 4. The summed E-state index contributed by atoms with van der Waals surface area (Å²) in [5, 5.41) is 121. The molecule has 3 aromatic heterocycles. The normalized spacial score (nSPS) is 23.6. The van der Waals surface area contributed by atoms with Crippen molar-refractivity contribution in [1.29, 1.82) is 0 Å². The number of carbonyl (C=O) groups excluding carboxylic acids is 8. The Morgan fingerprint density at radius 2 is 1.14 bits per heavy atom. The first-order valence-electron chi connectivity index (χ1n) is 35.4. The number of aromatic amines is 1.